The fourth-order valence-corrected chi connectivity index (χ4v) is 4.83. The van der Waals surface area contributed by atoms with Crippen molar-refractivity contribution in [1.29, 1.82) is 0 Å². The minimum absolute atomic E-state index is 0.318. The first-order valence-electron chi connectivity index (χ1n) is 9.37. The molecule has 7 heteroatoms. The SMILES string of the molecule is NC(=O)c1cnc(N[C@H]2CCCNC2)c2cc(-c3cc4ccccc4o3)sc12. The van der Waals surface area contributed by atoms with Crippen molar-refractivity contribution in [1.82, 2.24) is 10.3 Å². The number of nitrogens with two attached hydrogens (primary N) is 1. The van der Waals surface area contributed by atoms with Gasteiger partial charge in [-0.3, -0.25) is 4.79 Å². The van der Waals surface area contributed by atoms with E-state index in [0.29, 0.717) is 11.6 Å². The zero-order valence-corrected chi connectivity index (χ0v) is 16.0. The first kappa shape index (κ1) is 17.2. The Morgan fingerprint density at radius 3 is 3.00 bits per heavy atom. The molecule has 1 aliphatic heterocycles. The average molecular weight is 392 g/mol. The Balaban J connectivity index is 1.61. The quantitative estimate of drug-likeness (QED) is 0.489. The molecule has 4 N–H and O–H groups in total. The third kappa shape index (κ3) is 3.02. The molecule has 4 aromatic rings. The van der Waals surface area contributed by atoms with E-state index in [0.717, 1.165) is 63.4 Å². The lowest BCUT2D eigenvalue weighted by atomic mass is 10.1. The largest absolute Gasteiger partial charge is 0.455 e. The highest BCUT2D eigenvalue weighted by atomic mass is 32.1. The number of amides is 1. The van der Waals surface area contributed by atoms with Gasteiger partial charge in [0.1, 0.15) is 17.2 Å². The summed E-state index contributed by atoms with van der Waals surface area (Å²) in [6.07, 6.45) is 3.80. The Bertz CT molecular complexity index is 1140. The van der Waals surface area contributed by atoms with Crippen molar-refractivity contribution < 1.29 is 9.21 Å². The summed E-state index contributed by atoms with van der Waals surface area (Å²) in [5.74, 6) is 1.09. The number of aromatic nitrogens is 1. The summed E-state index contributed by atoms with van der Waals surface area (Å²) >= 11 is 1.51. The van der Waals surface area contributed by atoms with Crippen molar-refractivity contribution in [3.8, 4) is 10.6 Å². The number of thiophene rings is 1. The maximum Gasteiger partial charge on any atom is 0.251 e. The van der Waals surface area contributed by atoms with E-state index < -0.39 is 5.91 Å². The van der Waals surface area contributed by atoms with E-state index in [9.17, 15) is 4.79 Å². The number of rotatable bonds is 4. The van der Waals surface area contributed by atoms with Gasteiger partial charge in [0.05, 0.1) is 15.1 Å². The molecule has 142 valence electrons. The van der Waals surface area contributed by atoms with Crippen molar-refractivity contribution >= 4 is 44.1 Å². The van der Waals surface area contributed by atoms with Crippen molar-refractivity contribution in [2.24, 2.45) is 5.73 Å². The molecule has 0 spiro atoms. The molecule has 1 aromatic carbocycles. The number of carbonyl (C=O) groups is 1. The van der Waals surface area contributed by atoms with Gasteiger partial charge >= 0.3 is 0 Å². The number of anilines is 1. The third-order valence-corrected chi connectivity index (χ3v) is 6.31. The molecule has 6 nitrogen and oxygen atoms in total. The van der Waals surface area contributed by atoms with Crippen molar-refractivity contribution in [3.63, 3.8) is 0 Å². The molecule has 5 rings (SSSR count). The van der Waals surface area contributed by atoms with Gasteiger partial charge in [0.25, 0.3) is 5.91 Å². The molecule has 3 aromatic heterocycles. The second kappa shape index (κ2) is 6.92. The van der Waals surface area contributed by atoms with E-state index in [2.05, 4.69) is 15.6 Å². The van der Waals surface area contributed by atoms with Crippen LogP contribution < -0.4 is 16.4 Å². The van der Waals surface area contributed by atoms with Crippen LogP contribution >= 0.6 is 11.3 Å². The fourth-order valence-electron chi connectivity index (χ4n) is 3.71. The monoisotopic (exact) mass is 392 g/mol. The highest BCUT2D eigenvalue weighted by molar-refractivity contribution is 7.22. The number of furan rings is 1. The number of pyridine rings is 1. The molecule has 4 heterocycles. The Hall–Kier alpha value is -2.90. The van der Waals surface area contributed by atoms with E-state index in [-0.39, 0.29) is 0 Å². The molecule has 28 heavy (non-hydrogen) atoms. The molecule has 1 fully saturated rings. The van der Waals surface area contributed by atoms with Crippen molar-refractivity contribution in [3.05, 3.63) is 48.2 Å². The number of carbonyl (C=O) groups excluding carboxylic acids is 1. The lowest BCUT2D eigenvalue weighted by molar-refractivity contribution is 0.100. The van der Waals surface area contributed by atoms with Crippen LogP contribution in [0, 0.1) is 0 Å². The van der Waals surface area contributed by atoms with Crippen LogP contribution in [0.1, 0.15) is 23.2 Å². The number of fused-ring (bicyclic) bond motifs is 2. The first-order valence-corrected chi connectivity index (χ1v) is 10.2. The van der Waals surface area contributed by atoms with Gasteiger partial charge in [-0.05, 0) is 37.6 Å². The minimum atomic E-state index is -0.471. The van der Waals surface area contributed by atoms with E-state index in [1.807, 2.05) is 36.4 Å². The fraction of sp³-hybridized carbons (Fsp3) is 0.238. The highest BCUT2D eigenvalue weighted by Gasteiger charge is 2.20. The van der Waals surface area contributed by atoms with Crippen LogP contribution in [0.5, 0.6) is 0 Å². The number of primary amides is 1. The predicted octanol–water partition coefficient (Wildman–Crippen LogP) is 3.97. The Labute approximate surface area is 165 Å². The van der Waals surface area contributed by atoms with Crippen molar-refractivity contribution in [2.75, 3.05) is 18.4 Å². The van der Waals surface area contributed by atoms with Crippen LogP contribution in [-0.4, -0.2) is 30.0 Å². The van der Waals surface area contributed by atoms with Crippen LogP contribution in [-0.2, 0) is 0 Å². The summed E-state index contributed by atoms with van der Waals surface area (Å²) in [5.41, 5.74) is 6.88. The van der Waals surface area contributed by atoms with Gasteiger partial charge < -0.3 is 20.8 Å². The molecule has 0 bridgehead atoms. The van der Waals surface area contributed by atoms with Gasteiger partial charge in [0.15, 0.2) is 0 Å². The average Bonchev–Trinajstić information content (AvgIpc) is 3.33. The summed E-state index contributed by atoms with van der Waals surface area (Å²) in [7, 11) is 0. The Morgan fingerprint density at radius 2 is 2.21 bits per heavy atom. The van der Waals surface area contributed by atoms with Gasteiger partial charge in [-0.15, -0.1) is 11.3 Å². The molecule has 0 saturated carbocycles. The van der Waals surface area contributed by atoms with Crippen LogP contribution in [0.2, 0.25) is 0 Å². The zero-order chi connectivity index (χ0) is 19.1. The van der Waals surface area contributed by atoms with Gasteiger partial charge in [-0.25, -0.2) is 4.98 Å². The van der Waals surface area contributed by atoms with Gasteiger partial charge in [0, 0.05) is 29.6 Å². The third-order valence-electron chi connectivity index (χ3n) is 5.13. The van der Waals surface area contributed by atoms with E-state index >= 15 is 0 Å². The first-order chi connectivity index (χ1) is 13.7. The topological polar surface area (TPSA) is 93.2 Å². The van der Waals surface area contributed by atoms with Gasteiger partial charge in [-0.1, -0.05) is 18.2 Å². The molecule has 1 aliphatic rings. The standard InChI is InChI=1S/C21H20N4O2S/c22-20(26)15-11-24-21(25-13-5-3-7-23-10-13)14-9-18(28-19(14)15)17-8-12-4-1-2-6-16(12)27-17/h1-2,4,6,8-9,11,13,23H,3,5,7,10H2,(H2,22,26)(H,24,25)/t13-/m0/s1. The molecule has 0 unspecified atom stereocenters. The lowest BCUT2D eigenvalue weighted by Gasteiger charge is -2.24. The number of piperidine rings is 1. The molecule has 1 atom stereocenters. The van der Waals surface area contributed by atoms with Gasteiger partial charge in [-0.2, -0.15) is 0 Å². The normalized spacial score (nSPS) is 17.2. The Morgan fingerprint density at radius 1 is 1.32 bits per heavy atom. The number of nitrogens with zero attached hydrogens (tertiary/aromatic N) is 1. The van der Waals surface area contributed by atoms with Crippen LogP contribution in [0.15, 0.2) is 47.0 Å². The molecule has 0 aliphatic carbocycles. The molecule has 1 amide bonds. The summed E-state index contributed by atoms with van der Waals surface area (Å²) in [4.78, 5) is 17.4. The lowest BCUT2D eigenvalue weighted by Crippen LogP contribution is -2.38. The molecular weight excluding hydrogens is 372 g/mol. The zero-order valence-electron chi connectivity index (χ0n) is 15.2. The maximum absolute atomic E-state index is 11.9. The summed E-state index contributed by atoms with van der Waals surface area (Å²) in [5, 5.41) is 8.89. The Kier molecular flexibility index (Phi) is 4.26. The second-order valence-electron chi connectivity index (χ2n) is 7.07. The highest BCUT2D eigenvalue weighted by Crippen LogP contribution is 2.40. The summed E-state index contributed by atoms with van der Waals surface area (Å²) in [6.45, 7) is 1.96. The number of para-hydroxylation sites is 1. The molecule has 0 radical (unpaired) electrons. The summed E-state index contributed by atoms with van der Waals surface area (Å²) in [6, 6.07) is 12.3. The number of nitrogens with one attached hydrogen (secondary N) is 2. The molecule has 1 saturated heterocycles. The van der Waals surface area contributed by atoms with Crippen LogP contribution in [0.4, 0.5) is 5.82 Å². The van der Waals surface area contributed by atoms with E-state index in [1.165, 1.54) is 11.3 Å². The van der Waals surface area contributed by atoms with E-state index in [1.54, 1.807) is 6.20 Å². The minimum Gasteiger partial charge on any atom is -0.455 e. The second-order valence-corrected chi connectivity index (χ2v) is 8.13. The van der Waals surface area contributed by atoms with E-state index in [4.69, 9.17) is 10.2 Å². The number of benzene rings is 1. The van der Waals surface area contributed by atoms with Crippen LogP contribution in [0.25, 0.3) is 31.7 Å². The van der Waals surface area contributed by atoms with Crippen LogP contribution in [0.3, 0.4) is 0 Å². The number of hydrogen-bond acceptors (Lipinski definition) is 6. The smallest absolute Gasteiger partial charge is 0.251 e. The summed E-state index contributed by atoms with van der Waals surface area (Å²) < 4.78 is 6.85. The number of hydrogen-bond donors (Lipinski definition) is 3. The molecular formula is C21H20N4O2S. The maximum atomic E-state index is 11.9. The van der Waals surface area contributed by atoms with Gasteiger partial charge in [0.2, 0.25) is 0 Å². The van der Waals surface area contributed by atoms with Crippen molar-refractivity contribution in [2.45, 2.75) is 18.9 Å². The predicted molar refractivity (Wildman–Crippen MR) is 113 cm³/mol.